The number of nitrogens with zero attached hydrogens (tertiary/aromatic N) is 2. The highest BCUT2D eigenvalue weighted by molar-refractivity contribution is 6.33. The van der Waals surface area contributed by atoms with E-state index < -0.39 is 0 Å². The van der Waals surface area contributed by atoms with Crippen molar-refractivity contribution in [2.24, 2.45) is 5.92 Å². The summed E-state index contributed by atoms with van der Waals surface area (Å²) in [4.78, 5) is 12.7. The Morgan fingerprint density at radius 1 is 1.40 bits per heavy atom. The topological polar surface area (TPSA) is 46.9 Å². The molecule has 1 aliphatic heterocycles. The highest BCUT2D eigenvalue weighted by atomic mass is 35.5. The fourth-order valence-electron chi connectivity index (χ4n) is 3.71. The predicted molar refractivity (Wildman–Crippen MR) is 79.1 cm³/mol. The second-order valence-corrected chi connectivity index (χ2v) is 6.38. The molecule has 1 aromatic heterocycles. The minimum Gasteiger partial charge on any atom is -0.304 e. The minimum atomic E-state index is -0.0890. The third-order valence-corrected chi connectivity index (χ3v) is 5.07. The average molecular weight is 296 g/mol. The molecular formula is C15H22ClN3O. The van der Waals surface area contributed by atoms with Gasteiger partial charge in [0.2, 0.25) is 0 Å². The zero-order valence-corrected chi connectivity index (χ0v) is 12.7. The molecule has 2 heterocycles. The van der Waals surface area contributed by atoms with Crippen molar-refractivity contribution in [3.05, 3.63) is 16.9 Å². The number of piperidine rings is 1. The number of rotatable bonds is 3. The summed E-state index contributed by atoms with van der Waals surface area (Å²) < 4.78 is 1.71. The molecule has 3 rings (SSSR count). The van der Waals surface area contributed by atoms with Crippen LogP contribution in [-0.4, -0.2) is 27.6 Å². The van der Waals surface area contributed by atoms with E-state index in [4.69, 9.17) is 11.6 Å². The molecule has 3 unspecified atom stereocenters. The van der Waals surface area contributed by atoms with Gasteiger partial charge in [0, 0.05) is 12.6 Å². The number of Topliss-reactive ketones (excluding diaryl/α,β-unsaturated/α-hetero) is 1. The molecule has 2 fully saturated rings. The van der Waals surface area contributed by atoms with Gasteiger partial charge in [-0.1, -0.05) is 24.4 Å². The number of nitrogens with one attached hydrogen (secondary N) is 1. The van der Waals surface area contributed by atoms with Gasteiger partial charge in [0.25, 0.3) is 0 Å². The van der Waals surface area contributed by atoms with Gasteiger partial charge in [0.1, 0.15) is 5.69 Å². The highest BCUT2D eigenvalue weighted by Crippen LogP contribution is 2.33. The Morgan fingerprint density at radius 2 is 2.20 bits per heavy atom. The maximum Gasteiger partial charge on any atom is 0.199 e. The largest absolute Gasteiger partial charge is 0.304 e. The Bertz CT molecular complexity index is 499. The number of carbonyl (C=O) groups excluding carboxylic acids is 1. The lowest BCUT2D eigenvalue weighted by Crippen LogP contribution is -2.52. The van der Waals surface area contributed by atoms with Crippen molar-refractivity contribution < 1.29 is 4.79 Å². The SMILES string of the molecule is CCn1ncc(Cl)c1C(=O)C1CCC2CCCCC2N1. The van der Waals surface area contributed by atoms with Crippen LogP contribution < -0.4 is 5.32 Å². The van der Waals surface area contributed by atoms with E-state index in [-0.39, 0.29) is 11.8 Å². The van der Waals surface area contributed by atoms with Gasteiger partial charge in [-0.15, -0.1) is 0 Å². The first-order valence-corrected chi connectivity index (χ1v) is 8.10. The van der Waals surface area contributed by atoms with E-state index in [1.165, 1.54) is 25.7 Å². The normalized spacial score (nSPS) is 30.0. The first-order valence-electron chi connectivity index (χ1n) is 7.72. The molecule has 0 amide bonds. The molecule has 4 nitrogen and oxygen atoms in total. The van der Waals surface area contributed by atoms with Crippen LogP contribution in [0.4, 0.5) is 0 Å². The van der Waals surface area contributed by atoms with E-state index in [1.807, 2.05) is 6.92 Å². The van der Waals surface area contributed by atoms with Gasteiger partial charge in [-0.25, -0.2) is 0 Å². The fraction of sp³-hybridized carbons (Fsp3) is 0.733. The lowest BCUT2D eigenvalue weighted by Gasteiger charge is -2.40. The van der Waals surface area contributed by atoms with E-state index in [0.717, 1.165) is 18.8 Å². The molecule has 2 aliphatic rings. The van der Waals surface area contributed by atoms with Crippen molar-refractivity contribution in [3.63, 3.8) is 0 Å². The van der Waals surface area contributed by atoms with Gasteiger partial charge in [-0.3, -0.25) is 9.48 Å². The van der Waals surface area contributed by atoms with Gasteiger partial charge in [-0.2, -0.15) is 5.10 Å². The van der Waals surface area contributed by atoms with E-state index in [1.54, 1.807) is 10.9 Å². The van der Waals surface area contributed by atoms with Crippen LogP contribution in [0, 0.1) is 5.92 Å². The second kappa shape index (κ2) is 5.86. The van der Waals surface area contributed by atoms with Crippen LogP contribution in [0.5, 0.6) is 0 Å². The van der Waals surface area contributed by atoms with E-state index >= 15 is 0 Å². The van der Waals surface area contributed by atoms with Gasteiger partial charge in [-0.05, 0) is 38.5 Å². The second-order valence-electron chi connectivity index (χ2n) is 5.97. The zero-order chi connectivity index (χ0) is 14.1. The Hall–Kier alpha value is -0.870. The van der Waals surface area contributed by atoms with Gasteiger partial charge >= 0.3 is 0 Å². The zero-order valence-electron chi connectivity index (χ0n) is 11.9. The number of aryl methyl sites for hydroxylation is 1. The van der Waals surface area contributed by atoms with Crippen LogP contribution >= 0.6 is 11.6 Å². The summed E-state index contributed by atoms with van der Waals surface area (Å²) in [5, 5.41) is 8.22. The smallest absolute Gasteiger partial charge is 0.199 e. The number of hydrogen-bond acceptors (Lipinski definition) is 3. The Morgan fingerprint density at radius 3 is 3.00 bits per heavy atom. The molecule has 0 spiro atoms. The van der Waals surface area contributed by atoms with Gasteiger partial charge in [0.15, 0.2) is 5.78 Å². The minimum absolute atomic E-state index is 0.0890. The van der Waals surface area contributed by atoms with Crippen molar-refractivity contribution >= 4 is 17.4 Å². The fourth-order valence-corrected chi connectivity index (χ4v) is 3.95. The standard InChI is InChI=1S/C15H22ClN3O/c1-2-19-14(11(16)9-17-19)15(20)13-8-7-10-5-3-4-6-12(10)18-13/h9-10,12-13,18H,2-8H2,1H3. The van der Waals surface area contributed by atoms with Crippen molar-refractivity contribution in [1.82, 2.24) is 15.1 Å². The Balaban J connectivity index is 1.76. The predicted octanol–water partition coefficient (Wildman–Crippen LogP) is 3.05. The molecule has 0 aromatic carbocycles. The molecule has 1 N–H and O–H groups in total. The molecule has 0 radical (unpaired) electrons. The summed E-state index contributed by atoms with van der Waals surface area (Å²) in [5.74, 6) is 0.873. The highest BCUT2D eigenvalue weighted by Gasteiger charge is 2.36. The number of fused-ring (bicyclic) bond motifs is 1. The van der Waals surface area contributed by atoms with E-state index in [0.29, 0.717) is 23.3 Å². The molecule has 5 heteroatoms. The number of aromatic nitrogens is 2. The summed E-state index contributed by atoms with van der Waals surface area (Å²) in [6.07, 6.45) is 8.79. The molecule has 3 atom stereocenters. The monoisotopic (exact) mass is 295 g/mol. The first kappa shape index (κ1) is 14.1. The molecule has 110 valence electrons. The van der Waals surface area contributed by atoms with Crippen LogP contribution in [0.2, 0.25) is 5.02 Å². The third-order valence-electron chi connectivity index (χ3n) is 4.79. The maximum atomic E-state index is 12.7. The van der Waals surface area contributed by atoms with Gasteiger partial charge < -0.3 is 5.32 Å². The summed E-state index contributed by atoms with van der Waals surface area (Å²) in [7, 11) is 0. The number of hydrogen-bond donors (Lipinski definition) is 1. The number of ketones is 1. The van der Waals surface area contributed by atoms with Crippen LogP contribution in [0.15, 0.2) is 6.20 Å². The molecule has 1 saturated heterocycles. The summed E-state index contributed by atoms with van der Waals surface area (Å²) in [6, 6.07) is 0.428. The lowest BCUT2D eigenvalue weighted by atomic mass is 9.77. The van der Waals surface area contributed by atoms with Crippen molar-refractivity contribution in [2.75, 3.05) is 0 Å². The van der Waals surface area contributed by atoms with Crippen LogP contribution in [0.1, 0.15) is 55.9 Å². The first-order chi connectivity index (χ1) is 9.70. The molecule has 1 aromatic rings. The summed E-state index contributed by atoms with van der Waals surface area (Å²) in [5.41, 5.74) is 0.570. The summed E-state index contributed by atoms with van der Waals surface area (Å²) >= 11 is 6.14. The lowest BCUT2D eigenvalue weighted by molar-refractivity contribution is 0.0851. The quantitative estimate of drug-likeness (QED) is 0.872. The average Bonchev–Trinajstić information content (AvgIpc) is 2.87. The maximum absolute atomic E-state index is 12.7. The van der Waals surface area contributed by atoms with Crippen LogP contribution in [-0.2, 0) is 6.54 Å². The van der Waals surface area contributed by atoms with Crippen molar-refractivity contribution in [2.45, 2.75) is 64.1 Å². The molecule has 1 saturated carbocycles. The number of carbonyl (C=O) groups is 1. The Kier molecular flexibility index (Phi) is 4.13. The summed E-state index contributed by atoms with van der Waals surface area (Å²) in [6.45, 7) is 2.65. The van der Waals surface area contributed by atoms with Crippen LogP contribution in [0.3, 0.4) is 0 Å². The molecule has 1 aliphatic carbocycles. The van der Waals surface area contributed by atoms with Crippen LogP contribution in [0.25, 0.3) is 0 Å². The van der Waals surface area contributed by atoms with Crippen molar-refractivity contribution in [3.8, 4) is 0 Å². The van der Waals surface area contributed by atoms with E-state index in [9.17, 15) is 4.79 Å². The third kappa shape index (κ3) is 2.51. The van der Waals surface area contributed by atoms with Gasteiger partial charge in [0.05, 0.1) is 17.3 Å². The number of halogens is 1. The molecule has 0 bridgehead atoms. The van der Waals surface area contributed by atoms with Crippen molar-refractivity contribution in [1.29, 1.82) is 0 Å². The molecule has 20 heavy (non-hydrogen) atoms. The Labute approximate surface area is 124 Å². The molecular weight excluding hydrogens is 274 g/mol. The van der Waals surface area contributed by atoms with E-state index in [2.05, 4.69) is 10.4 Å².